The first-order chi connectivity index (χ1) is 9.62. The van der Waals surface area contributed by atoms with E-state index in [0.29, 0.717) is 6.54 Å². The molecule has 3 N–H and O–H groups in total. The molecule has 1 saturated heterocycles. The Hall–Kier alpha value is -1.59. The van der Waals surface area contributed by atoms with Gasteiger partial charge in [-0.2, -0.15) is 0 Å². The summed E-state index contributed by atoms with van der Waals surface area (Å²) in [5.41, 5.74) is 9.41. The van der Waals surface area contributed by atoms with Crippen LogP contribution in [0.3, 0.4) is 0 Å². The summed E-state index contributed by atoms with van der Waals surface area (Å²) in [6.45, 7) is 5.47. The number of hydrogen-bond donors (Lipinski definition) is 2. The predicted molar refractivity (Wildman–Crippen MR) is 78.3 cm³/mol. The van der Waals surface area contributed by atoms with Crippen molar-refractivity contribution in [2.24, 2.45) is 5.73 Å². The van der Waals surface area contributed by atoms with Gasteiger partial charge in [0, 0.05) is 32.2 Å². The van der Waals surface area contributed by atoms with E-state index in [2.05, 4.69) is 40.1 Å². The largest absolute Gasteiger partial charge is 0.453 e. The van der Waals surface area contributed by atoms with Crippen molar-refractivity contribution in [3.63, 3.8) is 0 Å². The molecule has 1 amide bonds. The molecule has 1 aliphatic rings. The van der Waals surface area contributed by atoms with Crippen LogP contribution in [0.25, 0.3) is 0 Å². The van der Waals surface area contributed by atoms with Gasteiger partial charge in [-0.3, -0.25) is 4.90 Å². The van der Waals surface area contributed by atoms with E-state index in [9.17, 15) is 4.79 Å². The summed E-state index contributed by atoms with van der Waals surface area (Å²) < 4.78 is 4.63. The second kappa shape index (κ2) is 6.72. The lowest BCUT2D eigenvalue weighted by Crippen LogP contribution is -2.36. The number of methoxy groups -OCH3 is 1. The first-order valence-corrected chi connectivity index (χ1v) is 6.97. The molecule has 0 aliphatic carbocycles. The minimum atomic E-state index is -0.347. The second-order valence-corrected chi connectivity index (χ2v) is 5.32. The molecule has 110 valence electrons. The number of ether oxygens (including phenoxy) is 1. The summed E-state index contributed by atoms with van der Waals surface area (Å²) in [4.78, 5) is 13.5. The topological polar surface area (TPSA) is 67.6 Å². The molecule has 1 atom stereocenters. The predicted octanol–water partition coefficient (Wildman–Crippen LogP) is 1.38. The monoisotopic (exact) mass is 277 g/mol. The quantitative estimate of drug-likeness (QED) is 0.872. The number of aryl methyl sites for hydroxylation is 1. The number of benzene rings is 1. The van der Waals surface area contributed by atoms with Crippen molar-refractivity contribution in [1.82, 2.24) is 10.2 Å². The molecule has 0 bridgehead atoms. The van der Waals surface area contributed by atoms with Crippen molar-refractivity contribution in [2.75, 3.05) is 20.2 Å². The number of carbonyl (C=O) groups excluding carboxylic acids is 1. The van der Waals surface area contributed by atoms with Crippen molar-refractivity contribution in [2.45, 2.75) is 32.5 Å². The van der Waals surface area contributed by atoms with E-state index >= 15 is 0 Å². The molecule has 5 nitrogen and oxygen atoms in total. The van der Waals surface area contributed by atoms with Crippen LogP contribution in [-0.2, 0) is 17.8 Å². The molecule has 0 spiro atoms. The summed E-state index contributed by atoms with van der Waals surface area (Å²) in [5.74, 6) is 0. The van der Waals surface area contributed by atoms with Gasteiger partial charge in [0.15, 0.2) is 0 Å². The SMILES string of the molecule is COC(=O)NC1CCN(Cc2ccc(CN)cc2C)C1. The summed E-state index contributed by atoms with van der Waals surface area (Å²) >= 11 is 0. The van der Waals surface area contributed by atoms with Gasteiger partial charge in [-0.25, -0.2) is 4.79 Å². The summed E-state index contributed by atoms with van der Waals surface area (Å²) in [6, 6.07) is 6.57. The Balaban J connectivity index is 1.90. The van der Waals surface area contributed by atoms with E-state index in [0.717, 1.165) is 31.6 Å². The van der Waals surface area contributed by atoms with Gasteiger partial charge in [0.1, 0.15) is 0 Å². The number of nitrogens with zero attached hydrogens (tertiary/aromatic N) is 1. The van der Waals surface area contributed by atoms with Gasteiger partial charge in [0.05, 0.1) is 7.11 Å². The minimum absolute atomic E-state index is 0.186. The van der Waals surface area contributed by atoms with Crippen LogP contribution in [0, 0.1) is 6.92 Å². The summed E-state index contributed by atoms with van der Waals surface area (Å²) in [6.07, 6.45) is 0.620. The van der Waals surface area contributed by atoms with Gasteiger partial charge in [-0.05, 0) is 30.0 Å². The van der Waals surface area contributed by atoms with Gasteiger partial charge in [-0.1, -0.05) is 18.2 Å². The first-order valence-electron chi connectivity index (χ1n) is 6.97. The molecule has 0 saturated carbocycles. The second-order valence-electron chi connectivity index (χ2n) is 5.32. The molecular formula is C15H23N3O2. The Morgan fingerprint density at radius 1 is 1.55 bits per heavy atom. The van der Waals surface area contributed by atoms with Crippen molar-refractivity contribution in [3.8, 4) is 0 Å². The smallest absolute Gasteiger partial charge is 0.407 e. The normalized spacial score (nSPS) is 19.1. The van der Waals surface area contributed by atoms with E-state index in [1.807, 2.05) is 0 Å². The van der Waals surface area contributed by atoms with Crippen LogP contribution in [0.5, 0.6) is 0 Å². The van der Waals surface area contributed by atoms with Crippen molar-refractivity contribution in [1.29, 1.82) is 0 Å². The average molecular weight is 277 g/mol. The number of nitrogens with two attached hydrogens (primary N) is 1. The number of rotatable bonds is 4. The number of alkyl carbamates (subject to hydrolysis) is 1. The first kappa shape index (κ1) is 14.8. The minimum Gasteiger partial charge on any atom is -0.453 e. The van der Waals surface area contributed by atoms with Crippen molar-refractivity contribution < 1.29 is 9.53 Å². The van der Waals surface area contributed by atoms with E-state index in [1.54, 1.807) is 0 Å². The molecule has 0 aromatic heterocycles. The zero-order valence-corrected chi connectivity index (χ0v) is 12.2. The van der Waals surface area contributed by atoms with Gasteiger partial charge in [0.2, 0.25) is 0 Å². The number of hydrogen-bond acceptors (Lipinski definition) is 4. The van der Waals surface area contributed by atoms with Crippen LogP contribution < -0.4 is 11.1 Å². The lowest BCUT2D eigenvalue weighted by molar-refractivity contribution is 0.166. The number of amides is 1. The third-order valence-corrected chi connectivity index (χ3v) is 3.82. The highest BCUT2D eigenvalue weighted by atomic mass is 16.5. The van der Waals surface area contributed by atoms with E-state index in [4.69, 9.17) is 5.73 Å². The third-order valence-electron chi connectivity index (χ3n) is 3.82. The zero-order chi connectivity index (χ0) is 14.5. The molecule has 1 heterocycles. The van der Waals surface area contributed by atoms with Gasteiger partial charge < -0.3 is 15.8 Å². The van der Waals surface area contributed by atoms with Crippen LogP contribution in [0.2, 0.25) is 0 Å². The molecule has 20 heavy (non-hydrogen) atoms. The fourth-order valence-electron chi connectivity index (χ4n) is 2.62. The fourth-order valence-corrected chi connectivity index (χ4v) is 2.62. The number of likely N-dealkylation sites (tertiary alicyclic amines) is 1. The molecule has 1 fully saturated rings. The highest BCUT2D eigenvalue weighted by Crippen LogP contribution is 2.17. The van der Waals surface area contributed by atoms with E-state index < -0.39 is 0 Å². The number of carbonyl (C=O) groups is 1. The molecule has 1 aromatic carbocycles. The number of nitrogens with one attached hydrogen (secondary N) is 1. The molecular weight excluding hydrogens is 254 g/mol. The summed E-state index contributed by atoms with van der Waals surface area (Å²) in [7, 11) is 1.39. The molecule has 5 heteroatoms. The third kappa shape index (κ3) is 3.71. The van der Waals surface area contributed by atoms with Crippen LogP contribution in [0.15, 0.2) is 18.2 Å². The standard InChI is InChI=1S/C15H23N3O2/c1-11-7-12(8-16)3-4-13(11)9-18-6-5-14(10-18)17-15(19)20-2/h3-4,7,14H,5-6,8-10,16H2,1-2H3,(H,17,19). The maximum absolute atomic E-state index is 11.2. The van der Waals surface area contributed by atoms with E-state index in [-0.39, 0.29) is 12.1 Å². The Labute approximate surface area is 120 Å². The van der Waals surface area contributed by atoms with Crippen LogP contribution in [0.1, 0.15) is 23.1 Å². The highest BCUT2D eigenvalue weighted by Gasteiger charge is 2.24. The van der Waals surface area contributed by atoms with Gasteiger partial charge in [-0.15, -0.1) is 0 Å². The van der Waals surface area contributed by atoms with Gasteiger partial charge >= 0.3 is 6.09 Å². The van der Waals surface area contributed by atoms with Crippen LogP contribution >= 0.6 is 0 Å². The maximum atomic E-state index is 11.2. The molecule has 1 aromatic rings. The maximum Gasteiger partial charge on any atom is 0.407 e. The highest BCUT2D eigenvalue weighted by molar-refractivity contribution is 5.67. The average Bonchev–Trinajstić information content (AvgIpc) is 2.88. The van der Waals surface area contributed by atoms with Crippen molar-refractivity contribution >= 4 is 6.09 Å². The van der Waals surface area contributed by atoms with Crippen molar-refractivity contribution in [3.05, 3.63) is 34.9 Å². The molecule has 0 radical (unpaired) electrons. The molecule has 1 aliphatic heterocycles. The lowest BCUT2D eigenvalue weighted by Gasteiger charge is -2.18. The summed E-state index contributed by atoms with van der Waals surface area (Å²) in [5, 5.41) is 2.86. The molecule has 1 unspecified atom stereocenters. The Morgan fingerprint density at radius 2 is 2.35 bits per heavy atom. The Kier molecular flexibility index (Phi) is 4.98. The van der Waals surface area contributed by atoms with E-state index in [1.165, 1.54) is 18.2 Å². The Morgan fingerprint density at radius 3 is 3.00 bits per heavy atom. The molecule has 2 rings (SSSR count). The zero-order valence-electron chi connectivity index (χ0n) is 12.2. The lowest BCUT2D eigenvalue weighted by atomic mass is 10.0. The fraction of sp³-hybridized carbons (Fsp3) is 0.533. The van der Waals surface area contributed by atoms with Gasteiger partial charge in [0.25, 0.3) is 0 Å². The van der Waals surface area contributed by atoms with Crippen LogP contribution in [0.4, 0.5) is 4.79 Å². The van der Waals surface area contributed by atoms with Crippen LogP contribution in [-0.4, -0.2) is 37.2 Å². The Bertz CT molecular complexity index is 476.